The third-order valence-electron chi connectivity index (χ3n) is 1.88. The summed E-state index contributed by atoms with van der Waals surface area (Å²) in [4.78, 5) is 0. The van der Waals surface area contributed by atoms with E-state index in [2.05, 4.69) is 15.9 Å². The summed E-state index contributed by atoms with van der Waals surface area (Å²) in [6, 6.07) is 6.10. The second-order valence-electron chi connectivity index (χ2n) is 2.88. The van der Waals surface area contributed by atoms with E-state index < -0.39 is 18.6 Å². The van der Waals surface area contributed by atoms with E-state index in [0.717, 1.165) is 0 Å². The molecular formula is C9H9BrF3N. The molecule has 1 atom stereocenters. The molecule has 78 valence electrons. The molecule has 0 amide bonds. The van der Waals surface area contributed by atoms with Crippen LogP contribution in [0.25, 0.3) is 0 Å². The lowest BCUT2D eigenvalue weighted by molar-refractivity contribution is -0.148. The van der Waals surface area contributed by atoms with Crippen molar-refractivity contribution in [2.24, 2.45) is 5.73 Å². The maximum Gasteiger partial charge on any atom is 0.396 e. The second-order valence-corrected chi connectivity index (χ2v) is 3.80. The van der Waals surface area contributed by atoms with Crippen LogP contribution in [0.15, 0.2) is 28.7 Å². The van der Waals surface area contributed by atoms with E-state index in [4.69, 9.17) is 5.73 Å². The molecule has 2 N–H and O–H groups in total. The Balaban J connectivity index is 3.01. The van der Waals surface area contributed by atoms with Crippen molar-refractivity contribution in [1.82, 2.24) is 0 Å². The number of hydrogen-bond donors (Lipinski definition) is 1. The molecule has 0 aliphatic carbocycles. The molecule has 0 heterocycles. The van der Waals surface area contributed by atoms with Gasteiger partial charge in [0, 0.05) is 11.0 Å². The summed E-state index contributed by atoms with van der Waals surface area (Å²) in [6.45, 7) is -0.431. The van der Waals surface area contributed by atoms with Crippen LogP contribution >= 0.6 is 15.9 Å². The van der Waals surface area contributed by atoms with Crippen molar-refractivity contribution in [3.8, 4) is 0 Å². The zero-order valence-corrected chi connectivity index (χ0v) is 8.77. The van der Waals surface area contributed by atoms with Gasteiger partial charge in [0.1, 0.15) is 0 Å². The van der Waals surface area contributed by atoms with Crippen molar-refractivity contribution in [3.05, 3.63) is 34.3 Å². The average molecular weight is 268 g/mol. The second kappa shape index (κ2) is 4.31. The molecular weight excluding hydrogens is 259 g/mol. The predicted molar refractivity (Wildman–Crippen MR) is 52.0 cm³/mol. The minimum atomic E-state index is -4.28. The van der Waals surface area contributed by atoms with Gasteiger partial charge in [0.05, 0.1) is 5.92 Å². The van der Waals surface area contributed by atoms with Crippen molar-refractivity contribution >= 4 is 15.9 Å². The lowest BCUT2D eigenvalue weighted by Crippen LogP contribution is -2.27. The van der Waals surface area contributed by atoms with Gasteiger partial charge in [-0.3, -0.25) is 0 Å². The van der Waals surface area contributed by atoms with Gasteiger partial charge in [-0.25, -0.2) is 0 Å². The first-order chi connectivity index (χ1) is 6.45. The molecule has 0 aromatic heterocycles. The molecule has 0 spiro atoms. The average Bonchev–Trinajstić information content (AvgIpc) is 2.02. The normalized spacial score (nSPS) is 14.1. The molecule has 14 heavy (non-hydrogen) atoms. The number of hydrogen-bond acceptors (Lipinski definition) is 1. The highest BCUT2D eigenvalue weighted by Gasteiger charge is 2.39. The molecule has 0 aliphatic rings. The van der Waals surface area contributed by atoms with Gasteiger partial charge in [0.15, 0.2) is 0 Å². The van der Waals surface area contributed by atoms with Crippen molar-refractivity contribution in [2.45, 2.75) is 12.1 Å². The van der Waals surface area contributed by atoms with Gasteiger partial charge in [-0.05, 0) is 17.7 Å². The van der Waals surface area contributed by atoms with Crippen molar-refractivity contribution in [1.29, 1.82) is 0 Å². The number of nitrogens with two attached hydrogens (primary N) is 1. The van der Waals surface area contributed by atoms with Crippen LogP contribution in [0.1, 0.15) is 11.5 Å². The zero-order valence-electron chi connectivity index (χ0n) is 7.18. The summed E-state index contributed by atoms with van der Waals surface area (Å²) in [5, 5.41) is 0. The highest BCUT2D eigenvalue weighted by Crippen LogP contribution is 2.34. The highest BCUT2D eigenvalue weighted by molar-refractivity contribution is 9.10. The van der Waals surface area contributed by atoms with Crippen molar-refractivity contribution < 1.29 is 13.2 Å². The summed E-state index contributed by atoms with van der Waals surface area (Å²) in [7, 11) is 0. The van der Waals surface area contributed by atoms with E-state index in [-0.39, 0.29) is 5.56 Å². The molecule has 1 unspecified atom stereocenters. The van der Waals surface area contributed by atoms with Crippen molar-refractivity contribution in [2.75, 3.05) is 6.54 Å². The Morgan fingerprint density at radius 1 is 1.36 bits per heavy atom. The summed E-state index contributed by atoms with van der Waals surface area (Å²) >= 11 is 3.12. The fourth-order valence-corrected chi connectivity index (χ4v) is 1.60. The molecule has 1 aromatic carbocycles. The van der Waals surface area contributed by atoms with E-state index in [1.807, 2.05) is 0 Å². The van der Waals surface area contributed by atoms with Crippen LogP contribution in [0.4, 0.5) is 13.2 Å². The van der Waals surface area contributed by atoms with Gasteiger partial charge >= 0.3 is 6.18 Å². The molecule has 0 radical (unpaired) electrons. The lowest BCUT2D eigenvalue weighted by atomic mass is 9.99. The summed E-state index contributed by atoms with van der Waals surface area (Å²) in [6.07, 6.45) is -4.28. The van der Waals surface area contributed by atoms with Gasteiger partial charge in [-0.2, -0.15) is 13.2 Å². The van der Waals surface area contributed by atoms with E-state index in [1.165, 1.54) is 12.1 Å². The molecule has 0 fully saturated rings. The smallest absolute Gasteiger partial charge is 0.330 e. The summed E-state index contributed by atoms with van der Waals surface area (Å²) in [5.41, 5.74) is 5.29. The SMILES string of the molecule is NCC(c1cccc(Br)c1)C(F)(F)F. The maximum atomic E-state index is 12.4. The summed E-state index contributed by atoms with van der Waals surface area (Å²) < 4.78 is 38.0. The fourth-order valence-electron chi connectivity index (χ4n) is 1.18. The van der Waals surface area contributed by atoms with Crippen LogP contribution in [0.2, 0.25) is 0 Å². The van der Waals surface area contributed by atoms with Crippen molar-refractivity contribution in [3.63, 3.8) is 0 Å². The molecule has 1 nitrogen and oxygen atoms in total. The molecule has 1 rings (SSSR count). The maximum absolute atomic E-state index is 12.4. The number of benzene rings is 1. The fraction of sp³-hybridized carbons (Fsp3) is 0.333. The van der Waals surface area contributed by atoms with Gasteiger partial charge < -0.3 is 5.73 Å². The van der Waals surface area contributed by atoms with Crippen LogP contribution in [-0.2, 0) is 0 Å². The quantitative estimate of drug-likeness (QED) is 0.876. The third kappa shape index (κ3) is 2.72. The third-order valence-corrected chi connectivity index (χ3v) is 2.38. The van der Waals surface area contributed by atoms with E-state index in [9.17, 15) is 13.2 Å². The topological polar surface area (TPSA) is 26.0 Å². The molecule has 0 bridgehead atoms. The van der Waals surface area contributed by atoms with Gasteiger partial charge in [-0.1, -0.05) is 28.1 Å². The van der Waals surface area contributed by atoms with E-state index >= 15 is 0 Å². The van der Waals surface area contributed by atoms with Gasteiger partial charge in [0.2, 0.25) is 0 Å². The van der Waals surface area contributed by atoms with Crippen LogP contribution in [-0.4, -0.2) is 12.7 Å². The molecule has 1 aromatic rings. The van der Waals surface area contributed by atoms with Gasteiger partial charge in [-0.15, -0.1) is 0 Å². The summed E-state index contributed by atoms with van der Waals surface area (Å²) in [5.74, 6) is -1.58. The largest absolute Gasteiger partial charge is 0.396 e. The Labute approximate surface area is 88.2 Å². The van der Waals surface area contributed by atoms with E-state index in [1.54, 1.807) is 12.1 Å². The highest BCUT2D eigenvalue weighted by atomic mass is 79.9. The molecule has 0 aliphatic heterocycles. The standard InChI is InChI=1S/C9H9BrF3N/c10-7-3-1-2-6(4-7)8(5-14)9(11,12)13/h1-4,8H,5,14H2. The Hall–Kier alpha value is -0.550. The zero-order chi connectivity index (χ0) is 10.8. The Morgan fingerprint density at radius 2 is 2.00 bits per heavy atom. The van der Waals surface area contributed by atoms with Gasteiger partial charge in [0.25, 0.3) is 0 Å². The first-order valence-electron chi connectivity index (χ1n) is 3.97. The Kier molecular flexibility index (Phi) is 3.55. The minimum Gasteiger partial charge on any atom is -0.330 e. The van der Waals surface area contributed by atoms with Crippen LogP contribution < -0.4 is 5.73 Å². The molecule has 0 saturated heterocycles. The predicted octanol–water partition coefficient (Wildman–Crippen LogP) is 3.05. The van der Waals surface area contributed by atoms with E-state index in [0.29, 0.717) is 4.47 Å². The first-order valence-corrected chi connectivity index (χ1v) is 4.76. The number of rotatable bonds is 2. The number of alkyl halides is 3. The molecule has 5 heteroatoms. The van der Waals surface area contributed by atoms with Crippen LogP contribution in [0.3, 0.4) is 0 Å². The lowest BCUT2D eigenvalue weighted by Gasteiger charge is -2.18. The monoisotopic (exact) mass is 267 g/mol. The van der Waals surface area contributed by atoms with Crippen LogP contribution in [0.5, 0.6) is 0 Å². The Bertz CT molecular complexity index is 311. The minimum absolute atomic E-state index is 0.189. The van der Waals surface area contributed by atoms with Crippen LogP contribution in [0, 0.1) is 0 Å². The number of halogens is 4. The Morgan fingerprint density at radius 3 is 2.43 bits per heavy atom. The first kappa shape index (κ1) is 11.5. The molecule has 0 saturated carbocycles.